The Morgan fingerprint density at radius 2 is 2.09 bits per heavy atom. The number of halogens is 1. The van der Waals surface area contributed by atoms with Crippen LogP contribution in [-0.4, -0.2) is 30.6 Å². The lowest BCUT2D eigenvalue weighted by Crippen LogP contribution is -2.18. The Morgan fingerprint density at radius 3 is 2.88 bits per heavy atom. The number of H-pyrrole nitrogens is 1. The molecule has 0 bridgehead atoms. The van der Waals surface area contributed by atoms with Gasteiger partial charge in [-0.05, 0) is 36.8 Å². The molecule has 2 heterocycles. The molecule has 10 heteroatoms. The molecular weight excluding hydrogens is 460 g/mol. The van der Waals surface area contributed by atoms with Crippen molar-refractivity contribution in [2.45, 2.75) is 30.8 Å². The number of aryl methyl sites for hydroxylation is 1. The van der Waals surface area contributed by atoms with E-state index in [1.807, 2.05) is 23.6 Å². The molecule has 168 valence electrons. The van der Waals surface area contributed by atoms with Gasteiger partial charge in [-0.15, -0.1) is 16.8 Å². The molecule has 2 N–H and O–H groups in total. The summed E-state index contributed by atoms with van der Waals surface area (Å²) < 4.78 is 1.82. The second-order valence-corrected chi connectivity index (χ2v) is 8.66. The summed E-state index contributed by atoms with van der Waals surface area (Å²) in [6.45, 7) is 6.12. The summed E-state index contributed by atoms with van der Waals surface area (Å²) >= 11 is 7.51. The Bertz CT molecular complexity index is 1400. The maximum atomic E-state index is 12.6. The fraction of sp³-hybridized carbons (Fsp3) is 0.174. The minimum atomic E-state index is -0.232. The average Bonchev–Trinajstić information content (AvgIpc) is 3.16. The van der Waals surface area contributed by atoms with Crippen LogP contribution >= 0.6 is 23.4 Å². The number of carbonyl (C=O) groups is 1. The van der Waals surface area contributed by atoms with Crippen molar-refractivity contribution in [2.24, 2.45) is 0 Å². The van der Waals surface area contributed by atoms with Gasteiger partial charge in [-0.25, -0.2) is 4.98 Å². The first kappa shape index (κ1) is 22.8. The van der Waals surface area contributed by atoms with Crippen LogP contribution in [0.1, 0.15) is 17.2 Å². The van der Waals surface area contributed by atoms with E-state index in [2.05, 4.69) is 32.1 Å². The molecule has 0 aliphatic rings. The molecule has 1 amide bonds. The highest BCUT2D eigenvalue weighted by Crippen LogP contribution is 2.22. The van der Waals surface area contributed by atoms with Gasteiger partial charge in [0.2, 0.25) is 5.91 Å². The number of thioether (sulfide) groups is 1. The zero-order valence-electron chi connectivity index (χ0n) is 17.8. The van der Waals surface area contributed by atoms with Crippen LogP contribution in [0.15, 0.2) is 65.1 Å². The molecule has 0 fully saturated rings. The van der Waals surface area contributed by atoms with Crippen LogP contribution in [0.25, 0.3) is 10.9 Å². The second kappa shape index (κ2) is 10.0. The predicted octanol–water partition coefficient (Wildman–Crippen LogP) is 4.14. The molecule has 4 aromatic rings. The third-order valence-corrected chi connectivity index (χ3v) is 6.26. The number of fused-ring (bicyclic) bond motifs is 1. The van der Waals surface area contributed by atoms with Gasteiger partial charge in [0.15, 0.2) is 5.16 Å². The van der Waals surface area contributed by atoms with Gasteiger partial charge in [0.05, 0.1) is 23.1 Å². The van der Waals surface area contributed by atoms with Crippen molar-refractivity contribution in [3.05, 3.63) is 87.7 Å². The van der Waals surface area contributed by atoms with E-state index in [1.165, 1.54) is 11.8 Å². The molecule has 0 unspecified atom stereocenters. The fourth-order valence-electron chi connectivity index (χ4n) is 3.22. The molecule has 0 saturated heterocycles. The molecule has 33 heavy (non-hydrogen) atoms. The Hall–Kier alpha value is -3.43. The molecule has 0 aliphatic heterocycles. The summed E-state index contributed by atoms with van der Waals surface area (Å²) in [4.78, 5) is 32.2. The molecule has 2 aromatic carbocycles. The number of benzene rings is 2. The Labute approximate surface area is 199 Å². The normalized spacial score (nSPS) is 11.0. The molecule has 4 rings (SSSR count). The third kappa shape index (κ3) is 5.32. The summed E-state index contributed by atoms with van der Waals surface area (Å²) in [5, 5.41) is 13.0. The number of carbonyl (C=O) groups excluding carboxylic acids is 1. The van der Waals surface area contributed by atoms with E-state index in [4.69, 9.17) is 11.6 Å². The maximum Gasteiger partial charge on any atom is 0.258 e. The van der Waals surface area contributed by atoms with Gasteiger partial charge in [-0.1, -0.05) is 47.6 Å². The first-order valence-corrected chi connectivity index (χ1v) is 11.5. The monoisotopic (exact) mass is 480 g/mol. The highest BCUT2D eigenvalue weighted by atomic mass is 35.5. The van der Waals surface area contributed by atoms with Gasteiger partial charge >= 0.3 is 0 Å². The standard InChI is InChI=1S/C23H21ClN6O2S/c1-3-10-30-20(12-21(31)25-15-9-8-14(2)17(24)11-15)28-29-23(30)33-13-19-26-18-7-5-4-6-16(18)22(32)27-19/h3-9,11H,1,10,12-13H2,2H3,(H,25,31)(H,26,27,32). The van der Waals surface area contributed by atoms with Crippen molar-refractivity contribution in [1.82, 2.24) is 24.7 Å². The molecule has 0 atom stereocenters. The van der Waals surface area contributed by atoms with E-state index in [9.17, 15) is 9.59 Å². The largest absolute Gasteiger partial charge is 0.326 e. The van der Waals surface area contributed by atoms with Gasteiger partial charge < -0.3 is 14.9 Å². The number of para-hydroxylation sites is 1. The predicted molar refractivity (Wildman–Crippen MR) is 131 cm³/mol. The minimum absolute atomic E-state index is 0.0396. The summed E-state index contributed by atoms with van der Waals surface area (Å²) in [5.74, 6) is 1.20. The smallest absolute Gasteiger partial charge is 0.258 e. The third-order valence-electron chi connectivity index (χ3n) is 4.88. The second-order valence-electron chi connectivity index (χ2n) is 7.31. The number of hydrogen-bond acceptors (Lipinski definition) is 6. The van der Waals surface area contributed by atoms with E-state index in [0.717, 1.165) is 5.56 Å². The molecule has 0 aliphatic carbocycles. The summed E-state index contributed by atoms with van der Waals surface area (Å²) in [5.41, 5.74) is 2.01. The first-order chi connectivity index (χ1) is 15.9. The highest BCUT2D eigenvalue weighted by molar-refractivity contribution is 7.98. The van der Waals surface area contributed by atoms with Gasteiger partial charge in [0, 0.05) is 17.3 Å². The van der Waals surface area contributed by atoms with E-state index in [-0.39, 0.29) is 17.9 Å². The van der Waals surface area contributed by atoms with Crippen molar-refractivity contribution in [2.75, 3.05) is 5.32 Å². The summed E-state index contributed by atoms with van der Waals surface area (Å²) in [7, 11) is 0. The number of allylic oxidation sites excluding steroid dienone is 1. The number of aromatic nitrogens is 5. The molecule has 0 spiro atoms. The number of amides is 1. The van der Waals surface area contributed by atoms with Crippen molar-refractivity contribution in [1.29, 1.82) is 0 Å². The van der Waals surface area contributed by atoms with E-state index in [0.29, 0.717) is 50.7 Å². The zero-order chi connectivity index (χ0) is 23.4. The van der Waals surface area contributed by atoms with Crippen LogP contribution < -0.4 is 10.9 Å². The Balaban J connectivity index is 1.48. The van der Waals surface area contributed by atoms with Crippen molar-refractivity contribution in [3.8, 4) is 0 Å². The number of hydrogen-bond donors (Lipinski definition) is 2. The average molecular weight is 481 g/mol. The SMILES string of the molecule is C=CCn1c(CC(=O)Nc2ccc(C)c(Cl)c2)nnc1SCc1nc2ccccc2c(=O)[nH]1. The van der Waals surface area contributed by atoms with Crippen LogP contribution in [0.3, 0.4) is 0 Å². The zero-order valence-corrected chi connectivity index (χ0v) is 19.4. The number of nitrogens with one attached hydrogen (secondary N) is 2. The van der Waals surface area contributed by atoms with Gasteiger partial charge in [-0.3, -0.25) is 9.59 Å². The summed E-state index contributed by atoms with van der Waals surface area (Å²) in [6, 6.07) is 12.5. The first-order valence-electron chi connectivity index (χ1n) is 10.1. The van der Waals surface area contributed by atoms with Crippen molar-refractivity contribution >= 4 is 45.9 Å². The van der Waals surface area contributed by atoms with Crippen molar-refractivity contribution < 1.29 is 4.79 Å². The van der Waals surface area contributed by atoms with E-state index in [1.54, 1.807) is 36.4 Å². The van der Waals surface area contributed by atoms with Gasteiger partial charge in [-0.2, -0.15) is 0 Å². The van der Waals surface area contributed by atoms with Gasteiger partial charge in [0.1, 0.15) is 11.6 Å². The number of anilines is 1. The molecule has 0 saturated carbocycles. The maximum absolute atomic E-state index is 12.6. The Kier molecular flexibility index (Phi) is 6.90. The lowest BCUT2D eigenvalue weighted by Gasteiger charge is -2.09. The van der Waals surface area contributed by atoms with E-state index >= 15 is 0 Å². The topological polar surface area (TPSA) is 106 Å². The van der Waals surface area contributed by atoms with Crippen LogP contribution in [0.5, 0.6) is 0 Å². The van der Waals surface area contributed by atoms with E-state index < -0.39 is 0 Å². The van der Waals surface area contributed by atoms with Crippen LogP contribution in [-0.2, 0) is 23.5 Å². The quantitative estimate of drug-likeness (QED) is 0.290. The van der Waals surface area contributed by atoms with Crippen LogP contribution in [0.4, 0.5) is 5.69 Å². The Morgan fingerprint density at radius 1 is 1.27 bits per heavy atom. The molecule has 8 nitrogen and oxygen atoms in total. The molecule has 2 aromatic heterocycles. The lowest BCUT2D eigenvalue weighted by atomic mass is 10.2. The highest BCUT2D eigenvalue weighted by Gasteiger charge is 2.16. The minimum Gasteiger partial charge on any atom is -0.326 e. The number of nitrogens with zero attached hydrogens (tertiary/aromatic N) is 4. The number of aromatic amines is 1. The lowest BCUT2D eigenvalue weighted by molar-refractivity contribution is -0.115. The number of rotatable bonds is 8. The van der Waals surface area contributed by atoms with Gasteiger partial charge in [0.25, 0.3) is 5.56 Å². The van der Waals surface area contributed by atoms with Crippen molar-refractivity contribution in [3.63, 3.8) is 0 Å². The molecular formula is C23H21ClN6O2S. The summed E-state index contributed by atoms with van der Waals surface area (Å²) in [6.07, 6.45) is 1.75. The van der Waals surface area contributed by atoms with Crippen LogP contribution in [0, 0.1) is 6.92 Å². The van der Waals surface area contributed by atoms with Crippen LogP contribution in [0.2, 0.25) is 5.02 Å². The molecule has 0 radical (unpaired) electrons. The fourth-order valence-corrected chi connectivity index (χ4v) is 4.24.